The highest BCUT2D eigenvalue weighted by Crippen LogP contribution is 2.28. The molecule has 1 fully saturated rings. The SMILES string of the molecule is Cc1ccc(CN(C(=O)CN(c2cccc(Cl)c2C)S(C)(=O)=O)[C@H](C)C(=O)NC2CCCC2)cc1. The molecule has 7 nitrogen and oxygen atoms in total. The van der Waals surface area contributed by atoms with Crippen LogP contribution in [0.5, 0.6) is 0 Å². The molecule has 1 atom stereocenters. The number of aryl methyl sites for hydroxylation is 1. The molecule has 2 amide bonds. The van der Waals surface area contributed by atoms with Crippen molar-refractivity contribution in [2.45, 2.75) is 65.1 Å². The molecule has 190 valence electrons. The molecule has 2 aromatic rings. The van der Waals surface area contributed by atoms with Gasteiger partial charge >= 0.3 is 0 Å². The number of carbonyl (C=O) groups excluding carboxylic acids is 2. The first-order valence-electron chi connectivity index (χ1n) is 11.9. The number of anilines is 1. The second-order valence-corrected chi connectivity index (χ2v) is 11.6. The van der Waals surface area contributed by atoms with Gasteiger partial charge < -0.3 is 10.2 Å². The highest BCUT2D eigenvalue weighted by Gasteiger charge is 2.31. The lowest BCUT2D eigenvalue weighted by Crippen LogP contribution is -2.52. The Balaban J connectivity index is 1.90. The van der Waals surface area contributed by atoms with E-state index < -0.39 is 28.5 Å². The molecule has 9 heteroatoms. The minimum absolute atomic E-state index is 0.114. The standard InChI is InChI=1S/C26H34ClN3O4S/c1-18-12-14-21(15-13-18)16-29(20(3)26(32)28-22-8-5-6-9-22)25(31)17-30(35(4,33)34)24-11-7-10-23(27)19(24)2/h7,10-15,20,22H,5-6,8-9,16-17H2,1-4H3,(H,28,32)/t20-/m1/s1. The largest absolute Gasteiger partial charge is 0.352 e. The first-order valence-corrected chi connectivity index (χ1v) is 14.1. The van der Waals surface area contributed by atoms with Gasteiger partial charge in [-0.05, 0) is 56.9 Å². The van der Waals surface area contributed by atoms with Crippen molar-refractivity contribution in [3.8, 4) is 0 Å². The molecule has 1 aliphatic rings. The fourth-order valence-electron chi connectivity index (χ4n) is 4.33. The van der Waals surface area contributed by atoms with Crippen LogP contribution in [0.2, 0.25) is 5.02 Å². The van der Waals surface area contributed by atoms with Crippen LogP contribution in [0.25, 0.3) is 0 Å². The van der Waals surface area contributed by atoms with Gasteiger partial charge in [0, 0.05) is 17.6 Å². The maximum Gasteiger partial charge on any atom is 0.244 e. The quantitative estimate of drug-likeness (QED) is 0.538. The Morgan fingerprint density at radius 3 is 2.31 bits per heavy atom. The highest BCUT2D eigenvalue weighted by molar-refractivity contribution is 7.92. The van der Waals surface area contributed by atoms with E-state index in [2.05, 4.69) is 5.32 Å². The molecular formula is C26H34ClN3O4S. The van der Waals surface area contributed by atoms with Gasteiger partial charge in [0.05, 0.1) is 11.9 Å². The third kappa shape index (κ3) is 6.98. The average Bonchev–Trinajstić information content (AvgIpc) is 3.31. The van der Waals surface area contributed by atoms with E-state index in [4.69, 9.17) is 11.6 Å². The van der Waals surface area contributed by atoms with Crippen molar-refractivity contribution in [3.63, 3.8) is 0 Å². The summed E-state index contributed by atoms with van der Waals surface area (Å²) in [6.45, 7) is 5.12. The molecule has 0 aromatic heterocycles. The lowest BCUT2D eigenvalue weighted by molar-refractivity contribution is -0.139. The first kappa shape index (κ1) is 27.0. The van der Waals surface area contributed by atoms with Crippen LogP contribution < -0.4 is 9.62 Å². The van der Waals surface area contributed by atoms with Crippen LogP contribution in [0, 0.1) is 13.8 Å². The number of rotatable bonds is 9. The van der Waals surface area contributed by atoms with E-state index in [9.17, 15) is 18.0 Å². The number of benzene rings is 2. The van der Waals surface area contributed by atoms with Crippen molar-refractivity contribution >= 4 is 39.1 Å². The van der Waals surface area contributed by atoms with E-state index in [0.717, 1.165) is 47.4 Å². The second-order valence-electron chi connectivity index (χ2n) is 9.33. The average molecular weight is 520 g/mol. The summed E-state index contributed by atoms with van der Waals surface area (Å²) < 4.78 is 26.5. The van der Waals surface area contributed by atoms with Crippen LogP contribution in [0.3, 0.4) is 0 Å². The minimum atomic E-state index is -3.80. The second kappa shape index (κ2) is 11.4. The molecule has 0 heterocycles. The molecule has 0 saturated heterocycles. The Kier molecular flexibility index (Phi) is 8.83. The van der Waals surface area contributed by atoms with Gasteiger partial charge in [-0.1, -0.05) is 60.3 Å². The predicted octanol–water partition coefficient (Wildman–Crippen LogP) is 4.20. The van der Waals surface area contributed by atoms with Gasteiger partial charge in [0.15, 0.2) is 0 Å². The molecule has 35 heavy (non-hydrogen) atoms. The zero-order valence-electron chi connectivity index (χ0n) is 20.8. The Morgan fingerprint density at radius 2 is 1.71 bits per heavy atom. The third-order valence-corrected chi connectivity index (χ3v) is 8.07. The summed E-state index contributed by atoms with van der Waals surface area (Å²) in [5, 5.41) is 3.47. The first-order chi connectivity index (χ1) is 16.5. The van der Waals surface area contributed by atoms with Crippen molar-refractivity contribution < 1.29 is 18.0 Å². The summed E-state index contributed by atoms with van der Waals surface area (Å²) in [5.74, 6) is -0.702. The molecule has 3 rings (SSSR count). The predicted molar refractivity (Wildman–Crippen MR) is 140 cm³/mol. The van der Waals surface area contributed by atoms with Crippen LogP contribution >= 0.6 is 11.6 Å². The van der Waals surface area contributed by atoms with Crippen molar-refractivity contribution in [1.82, 2.24) is 10.2 Å². The molecule has 2 aromatic carbocycles. The number of nitrogens with one attached hydrogen (secondary N) is 1. The van der Waals surface area contributed by atoms with Crippen molar-refractivity contribution in [1.29, 1.82) is 0 Å². The fraction of sp³-hybridized carbons (Fsp3) is 0.462. The van der Waals surface area contributed by atoms with Gasteiger partial charge in [0.25, 0.3) is 0 Å². The van der Waals surface area contributed by atoms with E-state index in [1.165, 1.54) is 4.90 Å². The van der Waals surface area contributed by atoms with E-state index >= 15 is 0 Å². The van der Waals surface area contributed by atoms with Gasteiger partial charge in [0.1, 0.15) is 12.6 Å². The molecule has 1 N–H and O–H groups in total. The zero-order valence-corrected chi connectivity index (χ0v) is 22.3. The Hall–Kier alpha value is -2.58. The summed E-state index contributed by atoms with van der Waals surface area (Å²) in [7, 11) is -3.80. The molecule has 1 saturated carbocycles. The highest BCUT2D eigenvalue weighted by atomic mass is 35.5. The summed E-state index contributed by atoms with van der Waals surface area (Å²) in [5.41, 5.74) is 2.84. The van der Waals surface area contributed by atoms with E-state index in [1.807, 2.05) is 31.2 Å². The van der Waals surface area contributed by atoms with Gasteiger partial charge in [-0.3, -0.25) is 13.9 Å². The minimum Gasteiger partial charge on any atom is -0.352 e. The molecular weight excluding hydrogens is 486 g/mol. The Morgan fingerprint density at radius 1 is 1.09 bits per heavy atom. The Labute approximate surface area is 213 Å². The maximum atomic E-state index is 13.6. The number of amides is 2. The summed E-state index contributed by atoms with van der Waals surface area (Å²) >= 11 is 6.23. The van der Waals surface area contributed by atoms with Gasteiger partial charge in [-0.25, -0.2) is 8.42 Å². The zero-order chi connectivity index (χ0) is 25.8. The third-order valence-electron chi connectivity index (χ3n) is 6.53. The molecule has 0 radical (unpaired) electrons. The van der Waals surface area contributed by atoms with E-state index in [0.29, 0.717) is 16.3 Å². The normalized spacial score (nSPS) is 15.0. The number of carbonyl (C=O) groups is 2. The number of hydrogen-bond acceptors (Lipinski definition) is 4. The number of hydrogen-bond donors (Lipinski definition) is 1. The monoisotopic (exact) mass is 519 g/mol. The van der Waals surface area contributed by atoms with Crippen molar-refractivity contribution in [2.75, 3.05) is 17.1 Å². The topological polar surface area (TPSA) is 86.8 Å². The summed E-state index contributed by atoms with van der Waals surface area (Å²) in [4.78, 5) is 28.2. The van der Waals surface area contributed by atoms with Gasteiger partial charge in [0.2, 0.25) is 21.8 Å². The Bertz CT molecular complexity index is 1160. The van der Waals surface area contributed by atoms with Crippen molar-refractivity contribution in [2.24, 2.45) is 0 Å². The van der Waals surface area contributed by atoms with E-state index in [1.54, 1.807) is 32.0 Å². The van der Waals surface area contributed by atoms with Crippen LogP contribution in [-0.4, -0.2) is 50.0 Å². The van der Waals surface area contributed by atoms with E-state index in [-0.39, 0.29) is 18.5 Å². The van der Waals surface area contributed by atoms with Crippen LogP contribution in [0.15, 0.2) is 42.5 Å². The molecule has 1 aliphatic carbocycles. The number of halogens is 1. The number of sulfonamides is 1. The fourth-order valence-corrected chi connectivity index (χ4v) is 5.40. The van der Waals surface area contributed by atoms with Crippen molar-refractivity contribution in [3.05, 3.63) is 64.2 Å². The van der Waals surface area contributed by atoms with Gasteiger partial charge in [-0.2, -0.15) is 0 Å². The smallest absolute Gasteiger partial charge is 0.244 e. The molecule has 0 bridgehead atoms. The molecule has 0 unspecified atom stereocenters. The van der Waals surface area contributed by atoms with Crippen LogP contribution in [0.4, 0.5) is 5.69 Å². The maximum absolute atomic E-state index is 13.6. The molecule has 0 spiro atoms. The lowest BCUT2D eigenvalue weighted by atomic mass is 10.1. The number of nitrogens with zero attached hydrogens (tertiary/aromatic N) is 2. The summed E-state index contributed by atoms with van der Waals surface area (Å²) in [6, 6.07) is 12.0. The molecule has 0 aliphatic heterocycles. The summed E-state index contributed by atoms with van der Waals surface area (Å²) in [6.07, 6.45) is 5.07. The lowest BCUT2D eigenvalue weighted by Gasteiger charge is -2.32. The van der Waals surface area contributed by atoms with Crippen LogP contribution in [0.1, 0.15) is 49.3 Å². The van der Waals surface area contributed by atoms with Crippen LogP contribution in [-0.2, 0) is 26.2 Å². The van der Waals surface area contributed by atoms with Gasteiger partial charge in [-0.15, -0.1) is 0 Å².